The lowest BCUT2D eigenvalue weighted by atomic mass is 10.1. The van der Waals surface area contributed by atoms with Gasteiger partial charge in [-0.3, -0.25) is 9.98 Å². The highest BCUT2D eigenvalue weighted by Gasteiger charge is 2.12. The second kappa shape index (κ2) is 11.7. The molecule has 1 unspecified atom stereocenters. The van der Waals surface area contributed by atoms with Crippen LogP contribution >= 0.6 is 22.9 Å². The fourth-order valence-electron chi connectivity index (χ4n) is 1.29. The summed E-state index contributed by atoms with van der Waals surface area (Å²) in [6, 6.07) is 0. The van der Waals surface area contributed by atoms with Gasteiger partial charge < -0.3 is 16.4 Å². The first-order valence-corrected chi connectivity index (χ1v) is 6.60. The predicted octanol–water partition coefficient (Wildman–Crippen LogP) is 0.365. The second-order valence-electron chi connectivity index (χ2n) is 3.52. The number of nitrogens with two attached hydrogens (primary N) is 1. The molecule has 0 rings (SSSR count). The molecule has 0 aliphatic heterocycles. The molecule has 0 fully saturated rings. The van der Waals surface area contributed by atoms with E-state index in [9.17, 15) is 0 Å². The Hall–Kier alpha value is -1.40. The third kappa shape index (κ3) is 8.34. The van der Waals surface area contributed by atoms with Crippen molar-refractivity contribution in [3.05, 3.63) is 11.8 Å². The van der Waals surface area contributed by atoms with E-state index in [1.165, 1.54) is 0 Å². The van der Waals surface area contributed by atoms with Crippen molar-refractivity contribution in [1.29, 1.82) is 0 Å². The van der Waals surface area contributed by atoms with Crippen molar-refractivity contribution in [2.45, 2.75) is 0 Å². The average Bonchev–Trinajstić information content (AvgIpc) is 2.38. The summed E-state index contributed by atoms with van der Waals surface area (Å²) in [5.41, 5.74) is 6.54. The summed E-state index contributed by atoms with van der Waals surface area (Å²) >= 11 is 1.92. The maximum atomic E-state index is 5.78. The van der Waals surface area contributed by atoms with Crippen molar-refractivity contribution in [1.82, 2.24) is 10.6 Å². The predicted molar refractivity (Wildman–Crippen MR) is 90.9 cm³/mol. The molecule has 0 amide bonds. The highest BCUT2D eigenvalue weighted by Crippen LogP contribution is 2.05. The van der Waals surface area contributed by atoms with E-state index in [1.54, 1.807) is 12.3 Å². The van der Waals surface area contributed by atoms with Crippen LogP contribution in [0.5, 0.6) is 0 Å². The third-order valence-corrected chi connectivity index (χ3v) is 2.43. The minimum Gasteiger partial charge on any atom is -0.370 e. The number of halogens is 1. The number of hydrogen-bond donors (Lipinski definition) is 3. The van der Waals surface area contributed by atoms with Crippen molar-refractivity contribution in [2.75, 3.05) is 26.7 Å². The third-order valence-electron chi connectivity index (χ3n) is 2.11. The van der Waals surface area contributed by atoms with E-state index in [-0.39, 0.29) is 5.92 Å². The number of guanidine groups is 1. The molecule has 0 aromatic rings. The molecule has 0 aliphatic rings. The Kier molecular flexibility index (Phi) is 10.8. The zero-order valence-electron chi connectivity index (χ0n) is 10.9. The quantitative estimate of drug-likeness (QED) is 0.189. The second-order valence-corrected chi connectivity index (χ2v) is 4.07. The van der Waals surface area contributed by atoms with Crippen LogP contribution in [0.3, 0.4) is 0 Å². The highest BCUT2D eigenvalue weighted by atomic mass is 127. The average molecular weight is 374 g/mol. The smallest absolute Gasteiger partial charge is 0.192 e. The molecule has 0 radical (unpaired) electrons. The monoisotopic (exact) mass is 374 g/mol. The minimum absolute atomic E-state index is 0.00392. The maximum absolute atomic E-state index is 5.78. The standard InChI is InChI=1S/C12H19IN6/c1-4-5-11(10(8-16-3)9-18-13)19-12(14)17-7-6-15-2/h1,5,9-10,16H,2,6-8H2,3H3,(H3,14,17,19)/b11-5-,18-9?. The maximum Gasteiger partial charge on any atom is 0.192 e. The Morgan fingerprint density at radius 1 is 1.58 bits per heavy atom. The Morgan fingerprint density at radius 3 is 2.84 bits per heavy atom. The summed E-state index contributed by atoms with van der Waals surface area (Å²) in [6.45, 7) is 5.09. The molecule has 0 aromatic carbocycles. The van der Waals surface area contributed by atoms with Crippen LogP contribution < -0.4 is 16.4 Å². The molecule has 0 aromatic heterocycles. The molecule has 4 N–H and O–H groups in total. The molecule has 19 heavy (non-hydrogen) atoms. The van der Waals surface area contributed by atoms with Crippen molar-refractivity contribution >= 4 is 41.8 Å². The number of terminal acetylenes is 1. The first-order valence-electron chi connectivity index (χ1n) is 5.64. The number of hydrogen-bond acceptors (Lipinski definition) is 4. The fraction of sp³-hybridized carbons (Fsp3) is 0.417. The molecule has 0 saturated carbocycles. The van der Waals surface area contributed by atoms with E-state index in [0.717, 1.165) is 5.70 Å². The van der Waals surface area contributed by atoms with Crippen LogP contribution in [-0.2, 0) is 0 Å². The molecule has 0 bridgehead atoms. The Balaban J connectivity index is 4.81. The Bertz CT molecular complexity index is 394. The van der Waals surface area contributed by atoms with Gasteiger partial charge in [0.2, 0.25) is 0 Å². The van der Waals surface area contributed by atoms with Crippen LogP contribution in [0.4, 0.5) is 0 Å². The first kappa shape index (κ1) is 17.6. The largest absolute Gasteiger partial charge is 0.370 e. The zero-order valence-corrected chi connectivity index (χ0v) is 13.1. The lowest BCUT2D eigenvalue weighted by Gasteiger charge is -2.16. The van der Waals surface area contributed by atoms with Gasteiger partial charge in [0.25, 0.3) is 0 Å². The van der Waals surface area contributed by atoms with Gasteiger partial charge in [-0.2, -0.15) is 0 Å². The van der Waals surface area contributed by atoms with E-state index in [0.29, 0.717) is 25.6 Å². The number of nitrogens with zero attached hydrogens (tertiary/aromatic N) is 3. The number of aliphatic imine (C=N–C) groups is 2. The highest BCUT2D eigenvalue weighted by molar-refractivity contribution is 14.1. The van der Waals surface area contributed by atoms with Gasteiger partial charge in [-0.25, -0.2) is 3.21 Å². The van der Waals surface area contributed by atoms with Crippen molar-refractivity contribution in [2.24, 2.45) is 24.8 Å². The van der Waals surface area contributed by atoms with Crippen LogP contribution in [-0.4, -0.2) is 45.6 Å². The van der Waals surface area contributed by atoms with Gasteiger partial charge in [0, 0.05) is 30.5 Å². The summed E-state index contributed by atoms with van der Waals surface area (Å²) in [4.78, 5) is 7.81. The number of rotatable bonds is 8. The van der Waals surface area contributed by atoms with Gasteiger partial charge >= 0.3 is 0 Å². The molecule has 0 spiro atoms. The molecule has 7 heteroatoms. The lowest BCUT2D eigenvalue weighted by molar-refractivity contribution is 0.687. The SMILES string of the molecule is C#C/C=C(\NC(N)=NCCN=C)C(C=NI)CNC. The Labute approximate surface area is 128 Å². The van der Waals surface area contributed by atoms with Crippen LogP contribution in [0, 0.1) is 18.3 Å². The van der Waals surface area contributed by atoms with Gasteiger partial charge in [-0.05, 0) is 13.8 Å². The molecule has 104 valence electrons. The van der Waals surface area contributed by atoms with E-state index in [4.69, 9.17) is 12.2 Å². The van der Waals surface area contributed by atoms with Crippen LogP contribution in [0.2, 0.25) is 0 Å². The van der Waals surface area contributed by atoms with E-state index in [1.807, 2.05) is 29.9 Å². The molecule has 0 saturated heterocycles. The summed E-state index contributed by atoms with van der Waals surface area (Å²) in [7, 11) is 1.86. The van der Waals surface area contributed by atoms with Gasteiger partial charge in [-0.15, -0.1) is 6.42 Å². The molecule has 0 aliphatic carbocycles. The summed E-state index contributed by atoms with van der Waals surface area (Å²) in [5, 5.41) is 6.07. The van der Waals surface area contributed by atoms with E-state index in [2.05, 4.69) is 36.5 Å². The first-order chi connectivity index (χ1) is 9.19. The summed E-state index contributed by atoms with van der Waals surface area (Å²) in [6.07, 6.45) is 8.72. The van der Waals surface area contributed by atoms with Gasteiger partial charge in [0.15, 0.2) is 5.96 Å². The zero-order chi connectivity index (χ0) is 14.5. The van der Waals surface area contributed by atoms with Crippen molar-refractivity contribution < 1.29 is 0 Å². The normalized spacial score (nSPS) is 14.2. The summed E-state index contributed by atoms with van der Waals surface area (Å²) < 4.78 is 3.99. The van der Waals surface area contributed by atoms with E-state index >= 15 is 0 Å². The van der Waals surface area contributed by atoms with Crippen LogP contribution in [0.25, 0.3) is 0 Å². The van der Waals surface area contributed by atoms with Crippen LogP contribution in [0.15, 0.2) is 25.0 Å². The molecule has 0 heterocycles. The van der Waals surface area contributed by atoms with Crippen molar-refractivity contribution in [3.8, 4) is 12.3 Å². The van der Waals surface area contributed by atoms with Gasteiger partial charge in [0.05, 0.1) is 36.0 Å². The van der Waals surface area contributed by atoms with Crippen molar-refractivity contribution in [3.63, 3.8) is 0 Å². The van der Waals surface area contributed by atoms with Crippen LogP contribution in [0.1, 0.15) is 0 Å². The number of nitrogens with one attached hydrogen (secondary N) is 2. The lowest BCUT2D eigenvalue weighted by Crippen LogP contribution is -2.37. The summed E-state index contributed by atoms with van der Waals surface area (Å²) in [5.74, 6) is 2.79. The number of allylic oxidation sites excluding steroid dienone is 1. The van der Waals surface area contributed by atoms with Gasteiger partial charge in [0.1, 0.15) is 0 Å². The Morgan fingerprint density at radius 2 is 2.32 bits per heavy atom. The molecular formula is C12H19IN6. The molecule has 6 nitrogen and oxygen atoms in total. The molecular weight excluding hydrogens is 355 g/mol. The minimum atomic E-state index is 0.00392. The topological polar surface area (TPSA) is 87.2 Å². The van der Waals surface area contributed by atoms with E-state index < -0.39 is 0 Å². The molecule has 1 atom stereocenters. The fourth-order valence-corrected chi connectivity index (χ4v) is 1.67. The van der Waals surface area contributed by atoms with Gasteiger partial charge in [-0.1, -0.05) is 5.92 Å².